The van der Waals surface area contributed by atoms with Gasteiger partial charge in [-0.1, -0.05) is 12.1 Å². The van der Waals surface area contributed by atoms with Crippen molar-refractivity contribution in [2.24, 2.45) is 10.9 Å². The van der Waals surface area contributed by atoms with Crippen molar-refractivity contribution in [1.82, 2.24) is 0 Å². The number of nitrogens with one attached hydrogen (secondary N) is 1. The number of benzene rings is 1. The van der Waals surface area contributed by atoms with Crippen LogP contribution in [0.1, 0.15) is 45.1 Å². The van der Waals surface area contributed by atoms with Gasteiger partial charge in [0.1, 0.15) is 12.5 Å². The van der Waals surface area contributed by atoms with Crippen LogP contribution in [0.25, 0.3) is 0 Å². The molecule has 0 saturated carbocycles. The minimum absolute atomic E-state index is 0.117. The minimum atomic E-state index is -0.872. The van der Waals surface area contributed by atoms with E-state index in [1.54, 1.807) is 32.9 Å². The smallest absolute Gasteiger partial charge is 0.337 e. The first kappa shape index (κ1) is 23.6. The van der Waals surface area contributed by atoms with Crippen LogP contribution in [0.4, 0.5) is 5.69 Å². The molecule has 1 aromatic carbocycles. The number of esters is 2. The number of carbonyl (C=O) groups is 2. The van der Waals surface area contributed by atoms with Gasteiger partial charge in [0, 0.05) is 35.9 Å². The molecule has 2 aliphatic heterocycles. The Kier molecular flexibility index (Phi) is 7.40. The number of non-ortho nitro benzene ring substituents is 1. The lowest BCUT2D eigenvalue weighted by molar-refractivity contribution is -0.888. The van der Waals surface area contributed by atoms with Crippen LogP contribution in [0.2, 0.25) is 0 Å². The van der Waals surface area contributed by atoms with Crippen LogP contribution in [-0.4, -0.2) is 55.4 Å². The molecule has 2 heterocycles. The zero-order valence-electron chi connectivity index (χ0n) is 18.9. The van der Waals surface area contributed by atoms with Crippen molar-refractivity contribution < 1.29 is 28.9 Å². The SMILES string of the molecule is CCOC(=O)C1C(C)=NC(C)=C(C(=O)O[C@H]2CCC[NH+](C)C2)[C@H]1c1cccc([N+](=O)[O-])c1. The van der Waals surface area contributed by atoms with E-state index in [9.17, 15) is 19.7 Å². The third-order valence-electron chi connectivity index (χ3n) is 6.01. The Morgan fingerprint density at radius 3 is 2.72 bits per heavy atom. The molecule has 0 spiro atoms. The van der Waals surface area contributed by atoms with E-state index in [0.29, 0.717) is 23.5 Å². The lowest BCUT2D eigenvalue weighted by Crippen LogP contribution is -3.11. The Hall–Kier alpha value is -3.07. The van der Waals surface area contributed by atoms with Crippen molar-refractivity contribution in [2.75, 3.05) is 26.7 Å². The Labute approximate surface area is 187 Å². The summed E-state index contributed by atoms with van der Waals surface area (Å²) in [6, 6.07) is 6.01. The number of quaternary nitrogens is 1. The number of likely N-dealkylation sites (N-methyl/N-ethyl adjacent to an activating group) is 1. The summed E-state index contributed by atoms with van der Waals surface area (Å²) < 4.78 is 11.1. The lowest BCUT2D eigenvalue weighted by atomic mass is 9.75. The molecule has 0 aliphatic carbocycles. The molecule has 172 valence electrons. The monoisotopic (exact) mass is 444 g/mol. The molecule has 1 fully saturated rings. The highest BCUT2D eigenvalue weighted by atomic mass is 16.6. The van der Waals surface area contributed by atoms with Gasteiger partial charge in [0.15, 0.2) is 6.10 Å². The van der Waals surface area contributed by atoms with Crippen LogP contribution in [0.15, 0.2) is 40.5 Å². The standard InChI is InChI=1S/C23H29N3O6/c1-5-31-22(27)19-14(2)24-15(3)20(23(28)32-18-10-7-11-25(4)13-18)21(19)16-8-6-9-17(12-16)26(29)30/h6,8-9,12,18-19,21H,5,7,10-11,13H2,1-4H3/p+1/t18-,19?,21-/m0/s1. The molecule has 9 heteroatoms. The Balaban J connectivity index is 2.05. The van der Waals surface area contributed by atoms with Crippen molar-refractivity contribution in [3.63, 3.8) is 0 Å². The highest BCUT2D eigenvalue weighted by Gasteiger charge is 2.43. The molecule has 2 aliphatic rings. The topological polar surface area (TPSA) is 113 Å². The van der Waals surface area contributed by atoms with Crippen LogP contribution >= 0.6 is 0 Å². The van der Waals surface area contributed by atoms with Crippen molar-refractivity contribution in [3.05, 3.63) is 51.2 Å². The van der Waals surface area contributed by atoms with Crippen molar-refractivity contribution in [3.8, 4) is 0 Å². The third-order valence-corrected chi connectivity index (χ3v) is 6.01. The van der Waals surface area contributed by atoms with Gasteiger partial charge in [0.05, 0.1) is 30.7 Å². The summed E-state index contributed by atoms with van der Waals surface area (Å²) in [5.41, 5.74) is 1.55. The average Bonchev–Trinajstić information content (AvgIpc) is 2.73. The molecule has 0 radical (unpaired) electrons. The van der Waals surface area contributed by atoms with Gasteiger partial charge in [-0.15, -0.1) is 0 Å². The number of nitro groups is 1. The first-order chi connectivity index (χ1) is 15.2. The molecule has 3 rings (SSSR count). The number of nitro benzene ring substituents is 1. The normalized spacial score (nSPS) is 25.7. The summed E-state index contributed by atoms with van der Waals surface area (Å²) in [5.74, 6) is -2.72. The van der Waals surface area contributed by atoms with E-state index in [0.717, 1.165) is 19.4 Å². The number of aliphatic imine (C=N–C) groups is 1. The summed E-state index contributed by atoms with van der Waals surface area (Å²) in [4.78, 5) is 42.9. The van der Waals surface area contributed by atoms with Crippen LogP contribution < -0.4 is 4.90 Å². The van der Waals surface area contributed by atoms with Crippen LogP contribution in [-0.2, 0) is 19.1 Å². The first-order valence-corrected chi connectivity index (χ1v) is 10.9. The van der Waals surface area contributed by atoms with Crippen LogP contribution in [0.3, 0.4) is 0 Å². The molecule has 4 atom stereocenters. The summed E-state index contributed by atoms with van der Waals surface area (Å²) >= 11 is 0. The maximum absolute atomic E-state index is 13.4. The number of carbonyl (C=O) groups excluding carboxylic acids is 2. The highest BCUT2D eigenvalue weighted by molar-refractivity contribution is 6.07. The van der Waals surface area contributed by atoms with E-state index < -0.39 is 28.7 Å². The number of allylic oxidation sites excluding steroid dienone is 1. The molecular weight excluding hydrogens is 414 g/mol. The fourth-order valence-electron chi connectivity index (χ4n) is 4.57. The summed E-state index contributed by atoms with van der Waals surface area (Å²) in [7, 11) is 2.06. The molecule has 1 aromatic rings. The van der Waals surface area contributed by atoms with Gasteiger partial charge >= 0.3 is 11.9 Å². The molecule has 32 heavy (non-hydrogen) atoms. The maximum atomic E-state index is 13.4. The molecule has 0 aromatic heterocycles. The van der Waals surface area contributed by atoms with E-state index in [4.69, 9.17) is 9.47 Å². The number of piperidine rings is 1. The zero-order valence-corrected chi connectivity index (χ0v) is 18.9. The van der Waals surface area contributed by atoms with E-state index in [1.165, 1.54) is 17.0 Å². The predicted molar refractivity (Wildman–Crippen MR) is 118 cm³/mol. The summed E-state index contributed by atoms with van der Waals surface area (Å²) in [6.07, 6.45) is 1.51. The van der Waals surface area contributed by atoms with Crippen molar-refractivity contribution >= 4 is 23.3 Å². The quantitative estimate of drug-likeness (QED) is 0.407. The van der Waals surface area contributed by atoms with Gasteiger partial charge in [-0.05, 0) is 32.8 Å². The van der Waals surface area contributed by atoms with Gasteiger partial charge in [-0.3, -0.25) is 19.9 Å². The molecule has 0 amide bonds. The number of hydrogen-bond acceptors (Lipinski definition) is 7. The molecule has 1 N–H and O–H groups in total. The zero-order chi connectivity index (χ0) is 23.4. The summed E-state index contributed by atoms with van der Waals surface area (Å²) in [5, 5.41) is 11.4. The van der Waals surface area contributed by atoms with E-state index >= 15 is 0 Å². The second-order valence-electron chi connectivity index (χ2n) is 8.39. The average molecular weight is 445 g/mol. The highest BCUT2D eigenvalue weighted by Crippen LogP contribution is 2.41. The van der Waals surface area contributed by atoms with Gasteiger partial charge in [0.2, 0.25) is 0 Å². The molecular formula is C23H30N3O6+. The van der Waals surface area contributed by atoms with Crippen LogP contribution in [0.5, 0.6) is 0 Å². The lowest BCUT2D eigenvalue weighted by Gasteiger charge is -2.33. The predicted octanol–water partition coefficient (Wildman–Crippen LogP) is 1.83. The van der Waals surface area contributed by atoms with Gasteiger partial charge in [-0.25, -0.2) is 4.79 Å². The Bertz CT molecular complexity index is 970. The largest absolute Gasteiger partial charge is 0.465 e. The van der Waals surface area contributed by atoms with Crippen LogP contribution in [0, 0.1) is 16.0 Å². The van der Waals surface area contributed by atoms with E-state index in [2.05, 4.69) is 12.0 Å². The fraction of sp³-hybridized carbons (Fsp3) is 0.522. The third kappa shape index (κ3) is 5.04. The van der Waals surface area contributed by atoms with E-state index in [1.807, 2.05) is 0 Å². The first-order valence-electron chi connectivity index (χ1n) is 10.9. The summed E-state index contributed by atoms with van der Waals surface area (Å²) in [6.45, 7) is 7.02. The second-order valence-corrected chi connectivity index (χ2v) is 8.39. The Morgan fingerprint density at radius 2 is 2.06 bits per heavy atom. The minimum Gasteiger partial charge on any atom is -0.465 e. The number of rotatable bonds is 6. The van der Waals surface area contributed by atoms with Crippen molar-refractivity contribution in [2.45, 2.75) is 45.6 Å². The second kappa shape index (κ2) is 10.0. The van der Waals surface area contributed by atoms with Crippen molar-refractivity contribution in [1.29, 1.82) is 0 Å². The molecule has 9 nitrogen and oxygen atoms in total. The number of likely N-dealkylation sites (tertiary alicyclic amines) is 1. The Morgan fingerprint density at radius 1 is 1.31 bits per heavy atom. The number of ether oxygens (including phenoxy) is 2. The van der Waals surface area contributed by atoms with Gasteiger partial charge < -0.3 is 14.4 Å². The van der Waals surface area contributed by atoms with Gasteiger partial charge in [0.25, 0.3) is 5.69 Å². The van der Waals surface area contributed by atoms with E-state index in [-0.39, 0.29) is 24.0 Å². The fourth-order valence-corrected chi connectivity index (χ4v) is 4.57. The number of hydrogen-bond donors (Lipinski definition) is 1. The van der Waals surface area contributed by atoms with Gasteiger partial charge in [-0.2, -0.15) is 0 Å². The number of nitrogens with zero attached hydrogens (tertiary/aromatic N) is 2. The molecule has 1 saturated heterocycles. The maximum Gasteiger partial charge on any atom is 0.337 e. The molecule has 0 bridgehead atoms. The molecule has 2 unspecified atom stereocenters.